The molecule has 0 aliphatic rings. The molecule has 0 aliphatic carbocycles. The van der Waals surface area contributed by atoms with Crippen LogP contribution in [-0.4, -0.2) is 12.2 Å². The lowest BCUT2D eigenvalue weighted by atomic mass is 10.2. The van der Waals surface area contributed by atoms with Crippen LogP contribution >= 0.6 is 31.9 Å². The number of aromatic hydroxyl groups is 1. The van der Waals surface area contributed by atoms with Crippen molar-refractivity contribution < 1.29 is 14.3 Å². The summed E-state index contributed by atoms with van der Waals surface area (Å²) in [6, 6.07) is 7.00. The van der Waals surface area contributed by atoms with Gasteiger partial charge in [0.1, 0.15) is 5.76 Å². The lowest BCUT2D eigenvalue weighted by molar-refractivity contribution is 0.373. The summed E-state index contributed by atoms with van der Waals surface area (Å²) < 4.78 is 11.9. The number of hydrogen-bond acceptors (Lipinski definition) is 4. The number of furan rings is 1. The summed E-state index contributed by atoms with van der Waals surface area (Å²) in [4.78, 5) is 0. The summed E-state index contributed by atoms with van der Waals surface area (Å²) >= 11 is 6.62. The van der Waals surface area contributed by atoms with Gasteiger partial charge in [0.15, 0.2) is 16.2 Å². The number of benzene rings is 1. The zero-order valence-corrected chi connectivity index (χ0v) is 12.7. The van der Waals surface area contributed by atoms with Gasteiger partial charge in [0.25, 0.3) is 0 Å². The van der Waals surface area contributed by atoms with E-state index in [9.17, 15) is 5.11 Å². The molecular weight excluding hydrogens is 366 g/mol. The molecule has 96 valence electrons. The summed E-state index contributed by atoms with van der Waals surface area (Å²) in [5.41, 5.74) is 0.789. The highest BCUT2D eigenvalue weighted by molar-refractivity contribution is 9.13. The number of hydrogen-bond donors (Lipinski definition) is 2. The average Bonchev–Trinajstić information content (AvgIpc) is 2.66. The molecule has 2 rings (SSSR count). The number of phenolic OH excluding ortho intramolecular Hbond substituents is 1. The molecule has 0 amide bonds. The van der Waals surface area contributed by atoms with Gasteiger partial charge in [-0.1, -0.05) is 0 Å². The zero-order chi connectivity index (χ0) is 13.1. The van der Waals surface area contributed by atoms with Crippen LogP contribution in [0.15, 0.2) is 37.8 Å². The van der Waals surface area contributed by atoms with Crippen molar-refractivity contribution in [3.63, 3.8) is 0 Å². The van der Waals surface area contributed by atoms with Gasteiger partial charge in [0, 0.05) is 11.8 Å². The number of anilines is 1. The molecule has 0 saturated heterocycles. The van der Waals surface area contributed by atoms with Crippen LogP contribution in [0.3, 0.4) is 0 Å². The van der Waals surface area contributed by atoms with Gasteiger partial charge in [-0.15, -0.1) is 0 Å². The molecular formula is C12H11Br2NO3. The minimum absolute atomic E-state index is 0.101. The molecule has 0 bridgehead atoms. The van der Waals surface area contributed by atoms with E-state index in [-0.39, 0.29) is 5.75 Å². The van der Waals surface area contributed by atoms with Crippen molar-refractivity contribution in [3.8, 4) is 11.5 Å². The van der Waals surface area contributed by atoms with E-state index in [1.165, 1.54) is 7.11 Å². The van der Waals surface area contributed by atoms with Crippen molar-refractivity contribution in [1.29, 1.82) is 0 Å². The number of halogens is 2. The van der Waals surface area contributed by atoms with Crippen molar-refractivity contribution in [3.05, 3.63) is 39.2 Å². The smallest absolute Gasteiger partial charge is 0.183 e. The summed E-state index contributed by atoms with van der Waals surface area (Å²) in [5, 5.41) is 12.8. The molecule has 0 aliphatic heterocycles. The van der Waals surface area contributed by atoms with Crippen LogP contribution in [-0.2, 0) is 6.54 Å². The second-order valence-electron chi connectivity index (χ2n) is 3.57. The third kappa shape index (κ3) is 3.00. The van der Waals surface area contributed by atoms with Gasteiger partial charge < -0.3 is 19.6 Å². The Morgan fingerprint density at radius 1 is 1.33 bits per heavy atom. The highest BCUT2D eigenvalue weighted by Crippen LogP contribution is 2.30. The molecule has 2 N–H and O–H groups in total. The molecule has 2 aromatic rings. The number of nitrogens with one attached hydrogen (secondary N) is 1. The van der Waals surface area contributed by atoms with Crippen LogP contribution in [0.4, 0.5) is 5.69 Å². The van der Waals surface area contributed by atoms with Gasteiger partial charge in [0.2, 0.25) is 0 Å². The highest BCUT2D eigenvalue weighted by Gasteiger charge is 2.06. The monoisotopic (exact) mass is 375 g/mol. The zero-order valence-electron chi connectivity index (χ0n) is 9.54. The molecule has 0 saturated carbocycles. The van der Waals surface area contributed by atoms with E-state index < -0.39 is 0 Å². The van der Waals surface area contributed by atoms with Crippen molar-refractivity contribution in [2.24, 2.45) is 0 Å². The Morgan fingerprint density at radius 3 is 2.67 bits per heavy atom. The van der Waals surface area contributed by atoms with Crippen LogP contribution < -0.4 is 10.1 Å². The van der Waals surface area contributed by atoms with Gasteiger partial charge in [-0.3, -0.25) is 0 Å². The fraction of sp³-hybridized carbons (Fsp3) is 0.167. The van der Waals surface area contributed by atoms with Gasteiger partial charge in [-0.05, 0) is 50.1 Å². The minimum Gasteiger partial charge on any atom is -0.504 e. The lowest BCUT2D eigenvalue weighted by Gasteiger charge is -2.07. The summed E-state index contributed by atoms with van der Waals surface area (Å²) in [6.45, 7) is 0.524. The second kappa shape index (κ2) is 5.67. The minimum atomic E-state index is 0.101. The average molecular weight is 377 g/mol. The second-order valence-corrected chi connectivity index (χ2v) is 5.15. The highest BCUT2D eigenvalue weighted by atomic mass is 79.9. The maximum atomic E-state index is 9.63. The molecule has 1 heterocycles. The Bertz CT molecular complexity index is 535. The molecule has 0 spiro atoms. The molecule has 0 fully saturated rings. The quantitative estimate of drug-likeness (QED) is 0.842. The van der Waals surface area contributed by atoms with E-state index in [4.69, 9.17) is 9.15 Å². The molecule has 0 unspecified atom stereocenters. The van der Waals surface area contributed by atoms with Crippen molar-refractivity contribution in [2.75, 3.05) is 12.4 Å². The number of rotatable bonds is 4. The maximum Gasteiger partial charge on any atom is 0.183 e. The third-order valence-corrected chi connectivity index (χ3v) is 4.05. The van der Waals surface area contributed by atoms with Crippen LogP contribution in [0.2, 0.25) is 0 Å². The molecule has 6 heteroatoms. The normalized spacial score (nSPS) is 10.4. The molecule has 1 aromatic carbocycles. The van der Waals surface area contributed by atoms with E-state index >= 15 is 0 Å². The van der Waals surface area contributed by atoms with E-state index in [2.05, 4.69) is 37.2 Å². The first-order valence-electron chi connectivity index (χ1n) is 5.14. The Hall–Kier alpha value is -1.14. The molecule has 0 atom stereocenters. The van der Waals surface area contributed by atoms with Crippen LogP contribution in [0.1, 0.15) is 5.76 Å². The molecule has 4 nitrogen and oxygen atoms in total. The fourth-order valence-corrected chi connectivity index (χ4v) is 2.13. The number of phenols is 1. The lowest BCUT2D eigenvalue weighted by Crippen LogP contribution is -1.98. The Labute approximate surface area is 121 Å². The molecule has 0 radical (unpaired) electrons. The fourth-order valence-electron chi connectivity index (χ4n) is 1.47. The van der Waals surface area contributed by atoms with E-state index in [0.717, 1.165) is 15.9 Å². The number of ether oxygens (including phenoxy) is 1. The SMILES string of the molecule is COc1ccc(NCc2cc(Br)c(Br)o2)cc1O. The maximum absolute atomic E-state index is 9.63. The van der Waals surface area contributed by atoms with Crippen LogP contribution in [0.5, 0.6) is 11.5 Å². The first-order valence-corrected chi connectivity index (χ1v) is 6.73. The first kappa shape index (κ1) is 13.3. The molecule has 1 aromatic heterocycles. The van der Waals surface area contributed by atoms with Crippen molar-refractivity contribution >= 4 is 37.5 Å². The van der Waals surface area contributed by atoms with Gasteiger partial charge in [-0.2, -0.15) is 0 Å². The predicted molar refractivity (Wildman–Crippen MR) is 76.1 cm³/mol. The third-order valence-electron chi connectivity index (χ3n) is 2.34. The number of methoxy groups -OCH3 is 1. The Morgan fingerprint density at radius 2 is 2.11 bits per heavy atom. The van der Waals surface area contributed by atoms with Gasteiger partial charge in [0.05, 0.1) is 18.1 Å². The summed E-state index contributed by atoms with van der Waals surface area (Å²) in [6.07, 6.45) is 0. The van der Waals surface area contributed by atoms with Crippen LogP contribution in [0.25, 0.3) is 0 Å². The predicted octanol–water partition coefficient (Wildman–Crippen LogP) is 4.13. The Kier molecular flexibility index (Phi) is 4.19. The first-order chi connectivity index (χ1) is 8.60. The van der Waals surface area contributed by atoms with Gasteiger partial charge >= 0.3 is 0 Å². The molecule has 18 heavy (non-hydrogen) atoms. The van der Waals surface area contributed by atoms with E-state index in [1.807, 2.05) is 12.1 Å². The van der Waals surface area contributed by atoms with Gasteiger partial charge in [-0.25, -0.2) is 0 Å². The van der Waals surface area contributed by atoms with Crippen LogP contribution in [0, 0.1) is 0 Å². The summed E-state index contributed by atoms with van der Waals surface area (Å²) in [7, 11) is 1.51. The van der Waals surface area contributed by atoms with E-state index in [0.29, 0.717) is 17.0 Å². The standard InChI is InChI=1S/C12H11Br2NO3/c1-17-11-3-2-7(4-10(11)16)15-6-8-5-9(13)12(14)18-8/h2-5,15-16H,6H2,1H3. The Balaban J connectivity index is 2.04. The van der Waals surface area contributed by atoms with Crippen molar-refractivity contribution in [1.82, 2.24) is 0 Å². The van der Waals surface area contributed by atoms with E-state index in [1.54, 1.807) is 12.1 Å². The summed E-state index contributed by atoms with van der Waals surface area (Å²) in [5.74, 6) is 1.33. The largest absolute Gasteiger partial charge is 0.504 e. The topological polar surface area (TPSA) is 54.6 Å². The van der Waals surface area contributed by atoms with Crippen molar-refractivity contribution in [2.45, 2.75) is 6.54 Å².